The summed E-state index contributed by atoms with van der Waals surface area (Å²) in [6.45, 7) is 9.65. The smallest absolute Gasteiger partial charge is 0.237 e. The van der Waals surface area contributed by atoms with Crippen LogP contribution in [0.25, 0.3) is 0 Å². The zero-order chi connectivity index (χ0) is 18.9. The van der Waals surface area contributed by atoms with Crippen LogP contribution < -0.4 is 4.90 Å². The predicted octanol–water partition coefficient (Wildman–Crippen LogP) is 3.44. The Labute approximate surface area is 151 Å². The van der Waals surface area contributed by atoms with Crippen LogP contribution in [0.15, 0.2) is 24.3 Å². The molecule has 1 fully saturated rings. The minimum absolute atomic E-state index is 0.115. The Morgan fingerprint density at radius 1 is 1.20 bits per heavy atom. The van der Waals surface area contributed by atoms with Gasteiger partial charge in [0.05, 0.1) is 17.3 Å². The molecule has 0 N–H and O–H groups in total. The monoisotopic (exact) mass is 339 g/mol. The van der Waals surface area contributed by atoms with Gasteiger partial charge in [0.2, 0.25) is 11.8 Å². The van der Waals surface area contributed by atoms with Crippen molar-refractivity contribution in [3.05, 3.63) is 29.8 Å². The van der Waals surface area contributed by atoms with Crippen molar-refractivity contribution in [2.24, 2.45) is 17.3 Å². The van der Waals surface area contributed by atoms with E-state index in [0.29, 0.717) is 12.1 Å². The quantitative estimate of drug-likeness (QED) is 0.589. The van der Waals surface area contributed by atoms with Crippen LogP contribution in [-0.2, 0) is 14.4 Å². The van der Waals surface area contributed by atoms with E-state index in [1.165, 1.54) is 4.90 Å². The summed E-state index contributed by atoms with van der Waals surface area (Å²) < 4.78 is 0. The van der Waals surface area contributed by atoms with Crippen LogP contribution in [0, 0.1) is 17.3 Å². The van der Waals surface area contributed by atoms with Crippen LogP contribution in [0.5, 0.6) is 0 Å². The van der Waals surface area contributed by atoms with Gasteiger partial charge in [-0.3, -0.25) is 14.5 Å². The van der Waals surface area contributed by atoms with E-state index in [1.807, 2.05) is 58.9 Å². The third-order valence-corrected chi connectivity index (χ3v) is 5.19. The molecule has 5 heteroatoms. The number of hydrogen-bond acceptors (Lipinski definition) is 3. The molecule has 4 nitrogen and oxygen atoms in total. The molecule has 0 bridgehead atoms. The number of anilines is 1. The van der Waals surface area contributed by atoms with Crippen LogP contribution in [0.1, 0.15) is 58.9 Å². The zero-order valence-electron chi connectivity index (χ0n) is 15.7. The maximum absolute atomic E-state index is 12.5. The van der Waals surface area contributed by atoms with Gasteiger partial charge in [-0.25, -0.2) is 0 Å². The van der Waals surface area contributed by atoms with Gasteiger partial charge in [0, 0.05) is 11.8 Å². The lowest BCUT2D eigenvalue weighted by Crippen LogP contribution is -2.31. The fraction of sp³-hybridized carbons (Fsp3) is 0.550. The molecule has 2 atom stereocenters. The second-order valence-electron chi connectivity index (χ2n) is 8.07. The van der Waals surface area contributed by atoms with E-state index in [4.69, 9.17) is 7.85 Å². The molecule has 25 heavy (non-hydrogen) atoms. The number of rotatable bonds is 6. The molecule has 2 amide bonds. The number of benzene rings is 1. The van der Waals surface area contributed by atoms with Crippen molar-refractivity contribution in [3.8, 4) is 0 Å². The summed E-state index contributed by atoms with van der Waals surface area (Å²) in [5.41, 5.74) is 0.772. The normalized spacial score (nSPS) is 19.6. The lowest BCUT2D eigenvalue weighted by Gasteiger charge is -2.26. The average molecular weight is 339 g/mol. The van der Waals surface area contributed by atoms with Crippen LogP contribution in [0.3, 0.4) is 0 Å². The molecular formula is C20H26BNO3. The van der Waals surface area contributed by atoms with Gasteiger partial charge in [0.15, 0.2) is 7.85 Å². The molecule has 1 aliphatic rings. The van der Waals surface area contributed by atoms with Gasteiger partial charge >= 0.3 is 0 Å². The Bertz CT molecular complexity index is 679. The highest BCUT2D eigenvalue weighted by Gasteiger charge is 2.40. The fourth-order valence-electron chi connectivity index (χ4n) is 3.38. The van der Waals surface area contributed by atoms with Crippen molar-refractivity contribution < 1.29 is 14.4 Å². The van der Waals surface area contributed by atoms with Gasteiger partial charge < -0.3 is 4.79 Å². The molecule has 0 spiro atoms. The first-order valence-corrected chi connectivity index (χ1v) is 8.81. The molecular weight excluding hydrogens is 313 g/mol. The molecule has 1 aromatic rings. The molecule has 0 aliphatic carbocycles. The summed E-state index contributed by atoms with van der Waals surface area (Å²) in [6.07, 6.45) is 0.917. The average Bonchev–Trinajstić information content (AvgIpc) is 2.82. The highest BCUT2D eigenvalue weighted by Crippen LogP contribution is 2.34. The third kappa shape index (κ3) is 4.02. The summed E-state index contributed by atoms with van der Waals surface area (Å²) in [5, 5.41) is 0. The lowest BCUT2D eigenvalue weighted by molar-refractivity contribution is -0.123. The Morgan fingerprint density at radius 2 is 1.76 bits per heavy atom. The first-order chi connectivity index (χ1) is 11.5. The lowest BCUT2D eigenvalue weighted by atomic mass is 9.71. The van der Waals surface area contributed by atoms with E-state index in [0.717, 1.165) is 5.56 Å². The summed E-state index contributed by atoms with van der Waals surface area (Å²) >= 11 is 0. The Hall–Kier alpha value is -1.91. The first-order valence-electron chi connectivity index (χ1n) is 8.81. The highest BCUT2D eigenvalue weighted by atomic mass is 16.2. The van der Waals surface area contributed by atoms with Crippen molar-refractivity contribution >= 4 is 31.0 Å². The van der Waals surface area contributed by atoms with Crippen LogP contribution >= 0.6 is 0 Å². The van der Waals surface area contributed by atoms with E-state index in [2.05, 4.69) is 0 Å². The van der Waals surface area contributed by atoms with Crippen LogP contribution in [-0.4, -0.2) is 25.3 Å². The largest absolute Gasteiger partial charge is 0.312 e. The second kappa shape index (κ2) is 7.15. The Kier molecular flexibility index (Phi) is 5.55. The van der Waals surface area contributed by atoms with E-state index < -0.39 is 5.41 Å². The fourth-order valence-corrected chi connectivity index (χ4v) is 3.38. The Morgan fingerprint density at radius 3 is 2.20 bits per heavy atom. The SMILES string of the molecule is [B]C(=O)C(C)(C)CC(C)c1ccc(N2C(=O)CC(C(C)C)C2=O)cc1. The van der Waals surface area contributed by atoms with E-state index in [1.54, 1.807) is 0 Å². The highest BCUT2D eigenvalue weighted by molar-refractivity contribution is 6.58. The van der Waals surface area contributed by atoms with Crippen LogP contribution in [0.2, 0.25) is 0 Å². The van der Waals surface area contributed by atoms with Gasteiger partial charge in [-0.05, 0) is 36.0 Å². The number of hydrogen-bond donors (Lipinski definition) is 0. The first kappa shape index (κ1) is 19.4. The molecule has 0 aromatic heterocycles. The standard InChI is InChI=1S/C20H26BNO3/c1-12(2)16-10-17(23)22(18(16)24)15-8-6-14(7-9-15)13(3)11-20(4,5)19(21)25/h6-9,12-13,16H,10-11H2,1-5H3. The summed E-state index contributed by atoms with van der Waals surface area (Å²) in [4.78, 5) is 37.5. The van der Waals surface area contributed by atoms with Crippen molar-refractivity contribution in [2.75, 3.05) is 4.90 Å². The molecule has 2 radical (unpaired) electrons. The van der Waals surface area contributed by atoms with Gasteiger partial charge in [-0.2, -0.15) is 0 Å². The van der Waals surface area contributed by atoms with Crippen molar-refractivity contribution in [3.63, 3.8) is 0 Å². The predicted molar refractivity (Wildman–Crippen MR) is 99.5 cm³/mol. The van der Waals surface area contributed by atoms with Gasteiger partial charge in [-0.15, -0.1) is 0 Å². The summed E-state index contributed by atoms with van der Waals surface area (Å²) in [5.74, 6) is -0.195. The van der Waals surface area contributed by atoms with E-state index in [-0.39, 0.29) is 41.7 Å². The molecule has 1 aliphatic heterocycles. The van der Waals surface area contributed by atoms with Gasteiger partial charge in [0.1, 0.15) is 0 Å². The molecule has 132 valence electrons. The minimum atomic E-state index is -0.580. The van der Waals surface area contributed by atoms with Crippen molar-refractivity contribution in [2.45, 2.75) is 53.4 Å². The number of amides is 2. The van der Waals surface area contributed by atoms with Gasteiger partial charge in [0.25, 0.3) is 0 Å². The third-order valence-electron chi connectivity index (χ3n) is 5.19. The van der Waals surface area contributed by atoms with Crippen molar-refractivity contribution in [1.82, 2.24) is 0 Å². The maximum Gasteiger partial charge on any atom is 0.237 e. The topological polar surface area (TPSA) is 54.5 Å². The summed E-state index contributed by atoms with van der Waals surface area (Å²) in [7, 11) is 5.45. The molecule has 1 saturated heterocycles. The van der Waals surface area contributed by atoms with E-state index >= 15 is 0 Å². The number of imide groups is 1. The molecule has 1 heterocycles. The van der Waals surface area contributed by atoms with Crippen molar-refractivity contribution in [1.29, 1.82) is 0 Å². The minimum Gasteiger partial charge on any atom is -0.312 e. The molecule has 1 aromatic carbocycles. The summed E-state index contributed by atoms with van der Waals surface area (Å²) in [6, 6.07) is 7.45. The van der Waals surface area contributed by atoms with Crippen LogP contribution in [0.4, 0.5) is 5.69 Å². The maximum atomic E-state index is 12.5. The zero-order valence-corrected chi connectivity index (χ0v) is 15.7. The Balaban J connectivity index is 2.16. The van der Waals surface area contributed by atoms with Gasteiger partial charge in [-0.1, -0.05) is 46.8 Å². The number of carbonyl (C=O) groups excluding carboxylic acids is 3. The number of carbonyl (C=O) groups is 3. The second-order valence-corrected chi connectivity index (χ2v) is 8.07. The number of nitrogens with zero attached hydrogens (tertiary/aromatic N) is 1. The molecule has 2 rings (SSSR count). The van der Waals surface area contributed by atoms with E-state index in [9.17, 15) is 14.4 Å². The molecule has 2 unspecified atom stereocenters. The molecule has 0 saturated carbocycles.